The molecule has 0 aliphatic carbocycles. The summed E-state index contributed by atoms with van der Waals surface area (Å²) in [6.45, 7) is 8.06. The van der Waals surface area contributed by atoms with Crippen LogP contribution in [0.25, 0.3) is 0 Å². The lowest BCUT2D eigenvalue weighted by molar-refractivity contribution is 0.682. The summed E-state index contributed by atoms with van der Waals surface area (Å²) in [7, 11) is 0. The third-order valence-corrected chi connectivity index (χ3v) is 1.53. The molecular formula is C11H16ClN. The molecule has 13 heavy (non-hydrogen) atoms. The van der Waals surface area contributed by atoms with Gasteiger partial charge in [-0.05, 0) is 26.2 Å². The van der Waals surface area contributed by atoms with E-state index in [0.29, 0.717) is 11.1 Å². The van der Waals surface area contributed by atoms with Gasteiger partial charge in [0.25, 0.3) is 0 Å². The molecule has 0 unspecified atom stereocenters. The Morgan fingerprint density at radius 2 is 2.15 bits per heavy atom. The third-order valence-electron chi connectivity index (χ3n) is 1.34. The maximum Gasteiger partial charge on any atom is 0.137 e. The first kappa shape index (κ1) is 12.3. The highest BCUT2D eigenvalue weighted by Crippen LogP contribution is 2.07. The molecule has 0 aliphatic heterocycles. The second kappa shape index (κ2) is 6.74. The summed E-state index contributed by atoms with van der Waals surface area (Å²) >= 11 is 5.81. The van der Waals surface area contributed by atoms with Crippen LogP contribution in [-0.2, 0) is 0 Å². The molecule has 0 N–H and O–H groups in total. The van der Waals surface area contributed by atoms with E-state index < -0.39 is 0 Å². The predicted octanol–water partition coefficient (Wildman–Crippen LogP) is 3.60. The summed E-state index contributed by atoms with van der Waals surface area (Å²) in [5.74, 6) is 6.10. The van der Waals surface area contributed by atoms with E-state index >= 15 is 0 Å². The zero-order valence-electron chi connectivity index (χ0n) is 8.69. The van der Waals surface area contributed by atoms with Crippen LogP contribution >= 0.6 is 11.6 Å². The molecule has 0 saturated heterocycles. The zero-order chi connectivity index (χ0) is 10.3. The van der Waals surface area contributed by atoms with Gasteiger partial charge < -0.3 is 0 Å². The van der Waals surface area contributed by atoms with Crippen LogP contribution in [0.5, 0.6) is 0 Å². The van der Waals surface area contributed by atoms with E-state index in [-0.39, 0.29) is 0 Å². The Kier molecular flexibility index (Phi) is 6.36. The molecule has 0 aromatic rings. The molecule has 0 rings (SSSR count). The number of hydrogen-bond acceptors (Lipinski definition) is 1. The highest BCUT2D eigenvalue weighted by molar-refractivity contribution is 6.30. The van der Waals surface area contributed by atoms with Gasteiger partial charge in [0.1, 0.15) is 5.16 Å². The van der Waals surface area contributed by atoms with Crippen LogP contribution in [0.1, 0.15) is 34.1 Å². The molecule has 0 spiro atoms. The molecule has 0 atom stereocenters. The minimum absolute atomic E-state index is 0.465. The Balaban J connectivity index is 4.26. The molecule has 1 nitrogen and oxygen atoms in total. The Labute approximate surface area is 85.9 Å². The standard InChI is InChI=1S/C11H16ClN/c1-5-6-7-11(12)13-10(4)8-9(2)3/h7,9H,8H2,1-4H3. The maximum absolute atomic E-state index is 5.81. The topological polar surface area (TPSA) is 12.4 Å². The SMILES string of the molecule is CC#CC=C(Cl)N=C(C)CC(C)C. The van der Waals surface area contributed by atoms with Crippen molar-refractivity contribution >= 4 is 17.3 Å². The lowest BCUT2D eigenvalue weighted by atomic mass is 10.1. The summed E-state index contributed by atoms with van der Waals surface area (Å²) in [6, 6.07) is 0. The van der Waals surface area contributed by atoms with Gasteiger partial charge in [-0.2, -0.15) is 0 Å². The van der Waals surface area contributed by atoms with E-state index in [9.17, 15) is 0 Å². The number of hydrogen-bond donors (Lipinski definition) is 0. The second-order valence-corrected chi connectivity index (χ2v) is 3.69. The number of halogens is 1. The van der Waals surface area contributed by atoms with E-state index in [4.69, 9.17) is 11.6 Å². The molecule has 2 heteroatoms. The number of allylic oxidation sites excluding steroid dienone is 1. The van der Waals surface area contributed by atoms with Gasteiger partial charge in [-0.3, -0.25) is 0 Å². The minimum atomic E-state index is 0.465. The maximum atomic E-state index is 5.81. The zero-order valence-corrected chi connectivity index (χ0v) is 9.44. The van der Waals surface area contributed by atoms with Gasteiger partial charge in [0.15, 0.2) is 0 Å². The molecule has 0 aromatic heterocycles. The Morgan fingerprint density at radius 1 is 1.54 bits per heavy atom. The van der Waals surface area contributed by atoms with Crippen molar-refractivity contribution in [2.75, 3.05) is 0 Å². The summed E-state index contributed by atoms with van der Waals surface area (Å²) in [6.07, 6.45) is 2.59. The minimum Gasteiger partial charge on any atom is -0.245 e. The van der Waals surface area contributed by atoms with Crippen LogP contribution in [-0.4, -0.2) is 5.71 Å². The van der Waals surface area contributed by atoms with Crippen molar-refractivity contribution in [3.63, 3.8) is 0 Å². The van der Waals surface area contributed by atoms with Gasteiger partial charge in [0.05, 0.1) is 0 Å². The first-order valence-electron chi connectivity index (χ1n) is 4.38. The summed E-state index contributed by atoms with van der Waals surface area (Å²) in [4.78, 5) is 4.20. The van der Waals surface area contributed by atoms with E-state index in [0.717, 1.165) is 12.1 Å². The molecular weight excluding hydrogens is 182 g/mol. The third kappa shape index (κ3) is 7.62. The van der Waals surface area contributed by atoms with Crippen molar-refractivity contribution in [1.29, 1.82) is 0 Å². The Morgan fingerprint density at radius 3 is 2.62 bits per heavy atom. The van der Waals surface area contributed by atoms with Crippen LogP contribution in [0.15, 0.2) is 16.2 Å². The highest BCUT2D eigenvalue weighted by atomic mass is 35.5. The van der Waals surface area contributed by atoms with Crippen molar-refractivity contribution in [2.24, 2.45) is 10.9 Å². The normalized spacial score (nSPS) is 12.8. The summed E-state index contributed by atoms with van der Waals surface area (Å²) in [5, 5.41) is 0.465. The van der Waals surface area contributed by atoms with Gasteiger partial charge in [0, 0.05) is 11.8 Å². The van der Waals surface area contributed by atoms with E-state index in [1.807, 2.05) is 6.92 Å². The van der Waals surface area contributed by atoms with E-state index in [1.54, 1.807) is 13.0 Å². The molecule has 0 radical (unpaired) electrons. The van der Waals surface area contributed by atoms with Gasteiger partial charge in [0.2, 0.25) is 0 Å². The van der Waals surface area contributed by atoms with Gasteiger partial charge in [-0.15, -0.1) is 5.92 Å². The molecule has 0 saturated carbocycles. The van der Waals surface area contributed by atoms with E-state index in [2.05, 4.69) is 30.7 Å². The largest absolute Gasteiger partial charge is 0.245 e. The smallest absolute Gasteiger partial charge is 0.137 e. The lowest BCUT2D eigenvalue weighted by Gasteiger charge is -2.02. The Bertz CT molecular complexity index is 264. The molecule has 0 aliphatic rings. The molecule has 0 aromatic carbocycles. The van der Waals surface area contributed by atoms with Gasteiger partial charge in [-0.1, -0.05) is 31.4 Å². The summed E-state index contributed by atoms with van der Waals surface area (Å²) < 4.78 is 0. The fourth-order valence-corrected chi connectivity index (χ4v) is 1.18. The summed E-state index contributed by atoms with van der Waals surface area (Å²) in [5.41, 5.74) is 1.05. The fraction of sp³-hybridized carbons (Fsp3) is 0.545. The molecule has 0 amide bonds. The van der Waals surface area contributed by atoms with Gasteiger partial charge in [-0.25, -0.2) is 4.99 Å². The van der Waals surface area contributed by atoms with Crippen LogP contribution < -0.4 is 0 Å². The van der Waals surface area contributed by atoms with Crippen molar-refractivity contribution in [3.05, 3.63) is 11.2 Å². The average Bonchev–Trinajstić information content (AvgIpc) is 1.98. The van der Waals surface area contributed by atoms with Crippen molar-refractivity contribution < 1.29 is 0 Å². The molecule has 0 heterocycles. The van der Waals surface area contributed by atoms with Crippen LogP contribution in [0.3, 0.4) is 0 Å². The first-order valence-corrected chi connectivity index (χ1v) is 4.76. The number of nitrogens with zero attached hydrogens (tertiary/aromatic N) is 1. The predicted molar refractivity (Wildman–Crippen MR) is 60.0 cm³/mol. The van der Waals surface area contributed by atoms with E-state index in [1.165, 1.54) is 0 Å². The highest BCUT2D eigenvalue weighted by Gasteiger charge is 1.97. The Hall–Kier alpha value is -0.740. The van der Waals surface area contributed by atoms with Crippen LogP contribution in [0.4, 0.5) is 0 Å². The first-order chi connectivity index (χ1) is 6.06. The van der Waals surface area contributed by atoms with Crippen LogP contribution in [0, 0.1) is 17.8 Å². The lowest BCUT2D eigenvalue weighted by Crippen LogP contribution is -1.97. The fourth-order valence-electron chi connectivity index (χ4n) is 0.983. The number of aliphatic imine (C=N–C) groups is 1. The molecule has 72 valence electrons. The quantitative estimate of drug-likeness (QED) is 0.373. The average molecular weight is 198 g/mol. The van der Waals surface area contributed by atoms with Crippen LogP contribution in [0.2, 0.25) is 0 Å². The molecule has 0 fully saturated rings. The van der Waals surface area contributed by atoms with Crippen molar-refractivity contribution in [3.8, 4) is 11.8 Å². The monoisotopic (exact) mass is 197 g/mol. The molecule has 0 bridgehead atoms. The van der Waals surface area contributed by atoms with Crippen molar-refractivity contribution in [1.82, 2.24) is 0 Å². The number of rotatable bonds is 3. The second-order valence-electron chi connectivity index (χ2n) is 3.31. The van der Waals surface area contributed by atoms with Gasteiger partial charge >= 0.3 is 0 Å². The van der Waals surface area contributed by atoms with Crippen molar-refractivity contribution in [2.45, 2.75) is 34.1 Å².